The van der Waals surface area contributed by atoms with Crippen LogP contribution in [0, 0.1) is 41.2 Å². The summed E-state index contributed by atoms with van der Waals surface area (Å²) in [5.41, 5.74) is 1.22. The third-order valence-electron chi connectivity index (χ3n) is 10.6. The van der Waals surface area contributed by atoms with Crippen LogP contribution >= 0.6 is 0 Å². The van der Waals surface area contributed by atoms with Crippen molar-refractivity contribution in [3.05, 3.63) is 34.9 Å². The van der Waals surface area contributed by atoms with Crippen molar-refractivity contribution in [3.8, 4) is 0 Å². The van der Waals surface area contributed by atoms with E-state index in [0.717, 1.165) is 60.8 Å². The summed E-state index contributed by atoms with van der Waals surface area (Å²) in [4.78, 5) is 0. The Morgan fingerprint density at radius 1 is 0.611 bits per heavy atom. The maximum atomic E-state index is 14.7. The summed E-state index contributed by atoms with van der Waals surface area (Å²) in [5.74, 6) is 4.32. The van der Waals surface area contributed by atoms with E-state index in [9.17, 15) is 8.78 Å². The Morgan fingerprint density at radius 3 is 1.89 bits per heavy atom. The third-order valence-corrected chi connectivity index (χ3v) is 10.6. The van der Waals surface area contributed by atoms with Gasteiger partial charge < -0.3 is 0 Å². The van der Waals surface area contributed by atoms with E-state index in [1.54, 1.807) is 12.1 Å². The number of halogens is 2. The van der Waals surface area contributed by atoms with Gasteiger partial charge in [-0.25, -0.2) is 8.78 Å². The number of hydrogen-bond donors (Lipinski definition) is 0. The molecule has 3 aliphatic carbocycles. The average molecular weight is 501 g/mol. The van der Waals surface area contributed by atoms with Gasteiger partial charge in [0.15, 0.2) is 0 Å². The molecule has 0 heterocycles. The topological polar surface area (TPSA) is 0 Å². The molecule has 0 N–H and O–H groups in total. The van der Waals surface area contributed by atoms with Gasteiger partial charge in [0, 0.05) is 5.56 Å². The predicted molar refractivity (Wildman–Crippen MR) is 149 cm³/mol. The van der Waals surface area contributed by atoms with Gasteiger partial charge in [0.2, 0.25) is 0 Å². The van der Waals surface area contributed by atoms with E-state index >= 15 is 0 Å². The van der Waals surface area contributed by atoms with E-state index in [0.29, 0.717) is 17.9 Å². The summed E-state index contributed by atoms with van der Waals surface area (Å²) in [6, 6.07) is 3.34. The van der Waals surface area contributed by atoms with Gasteiger partial charge in [-0.05, 0) is 98.1 Å². The molecule has 0 amide bonds. The fraction of sp³-hybridized carbons (Fsp3) is 0.824. The summed E-state index contributed by atoms with van der Waals surface area (Å²) in [6.45, 7) is 4.37. The molecule has 0 saturated heterocycles. The summed E-state index contributed by atoms with van der Waals surface area (Å²) < 4.78 is 29.4. The van der Waals surface area contributed by atoms with Crippen molar-refractivity contribution in [3.63, 3.8) is 0 Å². The third kappa shape index (κ3) is 7.80. The van der Waals surface area contributed by atoms with Crippen molar-refractivity contribution in [1.29, 1.82) is 0 Å². The lowest BCUT2D eigenvalue weighted by molar-refractivity contribution is 0.108. The number of rotatable bonds is 12. The van der Waals surface area contributed by atoms with Crippen LogP contribution in [0.1, 0.15) is 153 Å². The Bertz CT molecular complexity index is 754. The predicted octanol–water partition coefficient (Wildman–Crippen LogP) is 11.2. The number of hydrogen-bond acceptors (Lipinski definition) is 0. The van der Waals surface area contributed by atoms with E-state index < -0.39 is 0 Å². The Labute approximate surface area is 221 Å². The van der Waals surface area contributed by atoms with Crippen molar-refractivity contribution in [2.45, 2.75) is 148 Å². The van der Waals surface area contributed by atoms with Crippen molar-refractivity contribution >= 4 is 0 Å². The second-order valence-electron chi connectivity index (χ2n) is 13.1. The molecule has 1 aromatic rings. The highest BCUT2D eigenvalue weighted by molar-refractivity contribution is 5.29. The maximum absolute atomic E-state index is 14.7. The van der Waals surface area contributed by atoms with Crippen molar-refractivity contribution in [1.82, 2.24) is 0 Å². The molecule has 0 radical (unpaired) electrons. The molecule has 204 valence electrons. The molecule has 0 spiro atoms. The zero-order valence-electron chi connectivity index (χ0n) is 23.5. The average Bonchev–Trinajstić information content (AvgIpc) is 2.89. The highest BCUT2D eigenvalue weighted by Gasteiger charge is 2.36. The zero-order chi connectivity index (χ0) is 25.3. The van der Waals surface area contributed by atoms with Crippen LogP contribution in [0.2, 0.25) is 0 Å². The Morgan fingerprint density at radius 2 is 1.19 bits per heavy atom. The molecule has 0 nitrogen and oxygen atoms in total. The highest BCUT2D eigenvalue weighted by Crippen LogP contribution is 2.49. The van der Waals surface area contributed by atoms with Crippen LogP contribution in [0.4, 0.5) is 8.78 Å². The molecule has 3 fully saturated rings. The molecule has 0 aromatic heterocycles. The van der Waals surface area contributed by atoms with Crippen LogP contribution in [0.15, 0.2) is 12.1 Å². The maximum Gasteiger partial charge on any atom is 0.129 e. The normalized spacial score (nSPS) is 30.8. The standard InChI is InChI=1S/C34H54F2/c1-3-5-7-8-9-25-11-13-26(14-12-25)15-16-27-17-18-29-22-30(20-19-28(29)21-27)31-23-33(35)32(10-6-4-2)34(36)24-31/h23-30H,3-22H2,1-2H3. The summed E-state index contributed by atoms with van der Waals surface area (Å²) >= 11 is 0. The van der Waals surface area contributed by atoms with Crippen molar-refractivity contribution in [2.75, 3.05) is 0 Å². The first-order valence-electron chi connectivity index (χ1n) is 16.0. The lowest BCUT2D eigenvalue weighted by atomic mass is 9.63. The largest absolute Gasteiger partial charge is 0.207 e. The van der Waals surface area contributed by atoms with E-state index in [4.69, 9.17) is 0 Å². The van der Waals surface area contributed by atoms with E-state index in [-0.39, 0.29) is 11.6 Å². The SMILES string of the molecule is CCCCCCC1CCC(CCC2CCC3CC(c4cc(F)c(CCCC)c(F)c4)CCC3C2)CC1. The van der Waals surface area contributed by atoms with Gasteiger partial charge >= 0.3 is 0 Å². The Hall–Kier alpha value is -0.920. The van der Waals surface area contributed by atoms with Crippen LogP contribution in [0.5, 0.6) is 0 Å². The molecule has 36 heavy (non-hydrogen) atoms. The van der Waals surface area contributed by atoms with Crippen LogP contribution in [-0.2, 0) is 6.42 Å². The first kappa shape index (κ1) is 28.1. The number of benzene rings is 1. The molecule has 4 rings (SSSR count). The number of unbranched alkanes of at least 4 members (excludes halogenated alkanes) is 4. The monoisotopic (exact) mass is 500 g/mol. The minimum absolute atomic E-state index is 0.301. The smallest absolute Gasteiger partial charge is 0.129 e. The molecular formula is C34H54F2. The molecule has 0 aliphatic heterocycles. The molecule has 4 unspecified atom stereocenters. The van der Waals surface area contributed by atoms with Gasteiger partial charge in [-0.2, -0.15) is 0 Å². The molecule has 4 atom stereocenters. The van der Waals surface area contributed by atoms with Gasteiger partial charge in [0.25, 0.3) is 0 Å². The quantitative estimate of drug-likeness (QED) is 0.250. The molecule has 3 saturated carbocycles. The molecule has 1 aromatic carbocycles. The van der Waals surface area contributed by atoms with Crippen molar-refractivity contribution in [2.24, 2.45) is 29.6 Å². The fourth-order valence-corrected chi connectivity index (χ4v) is 8.14. The van der Waals surface area contributed by atoms with Gasteiger partial charge in [0.05, 0.1) is 0 Å². The van der Waals surface area contributed by atoms with Crippen LogP contribution in [-0.4, -0.2) is 0 Å². The fourth-order valence-electron chi connectivity index (χ4n) is 8.14. The van der Waals surface area contributed by atoms with Gasteiger partial charge in [-0.1, -0.05) is 97.3 Å². The molecular weight excluding hydrogens is 446 g/mol. The van der Waals surface area contributed by atoms with Crippen LogP contribution in [0.25, 0.3) is 0 Å². The van der Waals surface area contributed by atoms with Gasteiger partial charge in [0.1, 0.15) is 11.6 Å². The van der Waals surface area contributed by atoms with Crippen LogP contribution < -0.4 is 0 Å². The summed E-state index contributed by atoms with van der Waals surface area (Å²) in [7, 11) is 0. The first-order chi connectivity index (χ1) is 17.6. The van der Waals surface area contributed by atoms with Crippen molar-refractivity contribution < 1.29 is 8.78 Å². The van der Waals surface area contributed by atoms with Crippen LogP contribution in [0.3, 0.4) is 0 Å². The summed E-state index contributed by atoms with van der Waals surface area (Å²) in [6.07, 6.45) is 26.1. The molecule has 3 aliphatic rings. The Balaban J connectivity index is 1.17. The highest BCUT2D eigenvalue weighted by atomic mass is 19.1. The number of fused-ring (bicyclic) bond motifs is 1. The lowest BCUT2D eigenvalue weighted by Gasteiger charge is -2.43. The lowest BCUT2D eigenvalue weighted by Crippen LogP contribution is -2.31. The molecule has 0 bridgehead atoms. The van der Waals surface area contributed by atoms with Gasteiger partial charge in [-0.15, -0.1) is 0 Å². The summed E-state index contributed by atoms with van der Waals surface area (Å²) in [5, 5.41) is 0. The zero-order valence-corrected chi connectivity index (χ0v) is 23.5. The Kier molecular flexibility index (Phi) is 11.2. The second-order valence-corrected chi connectivity index (χ2v) is 13.1. The second kappa shape index (κ2) is 14.3. The van der Waals surface area contributed by atoms with E-state index in [1.807, 2.05) is 0 Å². The first-order valence-corrected chi connectivity index (χ1v) is 16.0. The van der Waals surface area contributed by atoms with E-state index in [1.165, 1.54) is 96.3 Å². The van der Waals surface area contributed by atoms with Gasteiger partial charge in [-0.3, -0.25) is 0 Å². The minimum Gasteiger partial charge on any atom is -0.207 e. The molecule has 2 heteroatoms. The van der Waals surface area contributed by atoms with E-state index in [2.05, 4.69) is 13.8 Å². The minimum atomic E-state index is -0.310.